The van der Waals surface area contributed by atoms with E-state index in [2.05, 4.69) is 4.90 Å². The summed E-state index contributed by atoms with van der Waals surface area (Å²) in [6, 6.07) is 6.43. The minimum absolute atomic E-state index is 0.0357. The first-order chi connectivity index (χ1) is 12.5. The Hall–Kier alpha value is -1.99. The third-order valence-corrected chi connectivity index (χ3v) is 5.52. The van der Waals surface area contributed by atoms with Crippen LogP contribution in [0.25, 0.3) is 0 Å². The predicted molar refractivity (Wildman–Crippen MR) is 96.6 cm³/mol. The maximum Gasteiger partial charge on any atom is 0.317 e. The molecule has 0 aromatic heterocycles. The summed E-state index contributed by atoms with van der Waals surface area (Å²) in [6.07, 6.45) is 2.40. The summed E-state index contributed by atoms with van der Waals surface area (Å²) in [7, 11) is 0. The van der Waals surface area contributed by atoms with Crippen LogP contribution >= 0.6 is 0 Å². The first kappa shape index (κ1) is 18.8. The van der Waals surface area contributed by atoms with Crippen molar-refractivity contribution >= 4 is 17.6 Å². The molecule has 1 atom stereocenters. The molecule has 0 saturated carbocycles. The molecule has 26 heavy (non-hydrogen) atoms. The van der Waals surface area contributed by atoms with E-state index < -0.39 is 5.97 Å². The van der Waals surface area contributed by atoms with Gasteiger partial charge < -0.3 is 10.0 Å². The Morgan fingerprint density at radius 2 is 1.92 bits per heavy atom. The number of rotatable bonds is 6. The molecule has 1 aromatic carbocycles. The Morgan fingerprint density at radius 3 is 2.54 bits per heavy atom. The molecule has 1 aromatic rings. The van der Waals surface area contributed by atoms with Crippen LogP contribution in [0.2, 0.25) is 0 Å². The summed E-state index contributed by atoms with van der Waals surface area (Å²) in [6.45, 7) is 4.81. The molecule has 0 aliphatic carbocycles. The van der Waals surface area contributed by atoms with Crippen molar-refractivity contribution in [1.82, 2.24) is 9.80 Å². The van der Waals surface area contributed by atoms with Gasteiger partial charge in [0.2, 0.25) is 5.91 Å². The second kappa shape index (κ2) is 8.14. The number of nitrogens with zero attached hydrogens (tertiary/aromatic N) is 3. The quantitative estimate of drug-likeness (QED) is 0.835. The standard InChI is InChI=1S/C19H26FN3O3/c1-2-21(13-18(24)25)14-7-10-22(11-8-14)17-9-12-23(19(17)26)16-6-4-3-5-15(16)20/h3-6,14,17H,2,7-13H2,1H3,(H,24,25). The van der Waals surface area contributed by atoms with Crippen molar-refractivity contribution in [2.75, 3.05) is 37.6 Å². The zero-order valence-corrected chi connectivity index (χ0v) is 15.1. The number of hydrogen-bond donors (Lipinski definition) is 1. The molecule has 3 rings (SSSR count). The second-order valence-electron chi connectivity index (χ2n) is 6.97. The molecule has 1 amide bonds. The minimum atomic E-state index is -0.805. The molecule has 2 aliphatic rings. The van der Waals surface area contributed by atoms with Crippen LogP contribution in [-0.4, -0.2) is 71.6 Å². The van der Waals surface area contributed by atoms with Gasteiger partial charge in [-0.1, -0.05) is 19.1 Å². The van der Waals surface area contributed by atoms with Crippen molar-refractivity contribution in [1.29, 1.82) is 0 Å². The number of benzene rings is 1. The van der Waals surface area contributed by atoms with Crippen LogP contribution in [0.15, 0.2) is 24.3 Å². The first-order valence-electron chi connectivity index (χ1n) is 9.27. The number of likely N-dealkylation sites (N-methyl/N-ethyl adjacent to an activating group) is 1. The molecule has 0 bridgehead atoms. The Labute approximate surface area is 153 Å². The lowest BCUT2D eigenvalue weighted by Gasteiger charge is -2.39. The number of halogens is 1. The maximum absolute atomic E-state index is 14.0. The van der Waals surface area contributed by atoms with Crippen molar-refractivity contribution in [3.05, 3.63) is 30.1 Å². The van der Waals surface area contributed by atoms with Crippen LogP contribution < -0.4 is 4.90 Å². The highest BCUT2D eigenvalue weighted by molar-refractivity contribution is 5.99. The number of aliphatic carboxylic acids is 1. The first-order valence-corrected chi connectivity index (χ1v) is 9.27. The van der Waals surface area contributed by atoms with Gasteiger partial charge in [0.05, 0.1) is 18.3 Å². The van der Waals surface area contributed by atoms with Gasteiger partial charge >= 0.3 is 5.97 Å². The summed E-state index contributed by atoms with van der Waals surface area (Å²) in [4.78, 5) is 29.5. The Bertz CT molecular complexity index is 661. The van der Waals surface area contributed by atoms with E-state index in [1.165, 1.54) is 6.07 Å². The lowest BCUT2D eigenvalue weighted by molar-refractivity contribution is -0.139. The highest BCUT2D eigenvalue weighted by Crippen LogP contribution is 2.28. The van der Waals surface area contributed by atoms with E-state index in [0.29, 0.717) is 25.2 Å². The van der Waals surface area contributed by atoms with Gasteiger partial charge in [0.25, 0.3) is 0 Å². The molecule has 2 aliphatic heterocycles. The van der Waals surface area contributed by atoms with E-state index in [1.807, 2.05) is 11.8 Å². The summed E-state index contributed by atoms with van der Waals surface area (Å²) in [5.41, 5.74) is 0.355. The minimum Gasteiger partial charge on any atom is -0.480 e. The van der Waals surface area contributed by atoms with Gasteiger partial charge in [0, 0.05) is 25.7 Å². The SMILES string of the molecule is CCN(CC(=O)O)C1CCN(C2CCN(c3ccccc3F)C2=O)CC1. The summed E-state index contributed by atoms with van der Waals surface area (Å²) in [5, 5.41) is 9.03. The number of para-hydroxylation sites is 1. The number of carboxylic acid groups (broad SMARTS) is 1. The molecule has 7 heteroatoms. The van der Waals surface area contributed by atoms with Gasteiger partial charge in [0.15, 0.2) is 0 Å². The van der Waals surface area contributed by atoms with Crippen LogP contribution in [0, 0.1) is 5.82 Å². The van der Waals surface area contributed by atoms with Crippen molar-refractivity contribution in [2.45, 2.75) is 38.3 Å². The number of amides is 1. The van der Waals surface area contributed by atoms with Gasteiger partial charge in [-0.15, -0.1) is 0 Å². The Kier molecular flexibility index (Phi) is 5.88. The third kappa shape index (κ3) is 3.88. The molecule has 6 nitrogen and oxygen atoms in total. The third-order valence-electron chi connectivity index (χ3n) is 5.52. The Balaban J connectivity index is 1.59. The summed E-state index contributed by atoms with van der Waals surface area (Å²) >= 11 is 0. The molecule has 2 fully saturated rings. The molecule has 0 radical (unpaired) electrons. The molecular formula is C19H26FN3O3. The fourth-order valence-electron chi connectivity index (χ4n) is 4.15. The van der Waals surface area contributed by atoms with Crippen molar-refractivity contribution in [2.24, 2.45) is 0 Å². The second-order valence-corrected chi connectivity index (χ2v) is 6.97. The largest absolute Gasteiger partial charge is 0.480 e. The zero-order valence-electron chi connectivity index (χ0n) is 15.1. The highest BCUT2D eigenvalue weighted by atomic mass is 19.1. The van der Waals surface area contributed by atoms with Crippen LogP contribution in [0.5, 0.6) is 0 Å². The average Bonchev–Trinajstić information content (AvgIpc) is 3.01. The van der Waals surface area contributed by atoms with Gasteiger partial charge in [-0.3, -0.25) is 19.4 Å². The molecular weight excluding hydrogens is 337 g/mol. The van der Waals surface area contributed by atoms with Crippen LogP contribution in [0.3, 0.4) is 0 Å². The van der Waals surface area contributed by atoms with E-state index in [-0.39, 0.29) is 30.4 Å². The fraction of sp³-hybridized carbons (Fsp3) is 0.579. The number of carbonyl (C=O) groups excluding carboxylic acids is 1. The number of likely N-dealkylation sites (tertiary alicyclic amines) is 1. The highest BCUT2D eigenvalue weighted by Gasteiger charge is 2.39. The van der Waals surface area contributed by atoms with Gasteiger partial charge in [-0.05, 0) is 37.9 Å². The van der Waals surface area contributed by atoms with E-state index >= 15 is 0 Å². The molecule has 1 N–H and O–H groups in total. The lowest BCUT2D eigenvalue weighted by Crippen LogP contribution is -2.51. The maximum atomic E-state index is 14.0. The normalized spacial score (nSPS) is 22.3. The number of carbonyl (C=O) groups is 2. The number of piperidine rings is 1. The summed E-state index contributed by atoms with van der Waals surface area (Å²) < 4.78 is 14.0. The van der Waals surface area contributed by atoms with Crippen molar-refractivity contribution < 1.29 is 19.1 Å². The van der Waals surface area contributed by atoms with Crippen molar-refractivity contribution in [3.63, 3.8) is 0 Å². The van der Waals surface area contributed by atoms with Gasteiger partial charge in [-0.25, -0.2) is 4.39 Å². The lowest BCUT2D eigenvalue weighted by atomic mass is 10.0. The van der Waals surface area contributed by atoms with Crippen LogP contribution in [0.4, 0.5) is 10.1 Å². The average molecular weight is 363 g/mol. The van der Waals surface area contributed by atoms with Gasteiger partial charge in [0.1, 0.15) is 5.82 Å². The van der Waals surface area contributed by atoms with Crippen LogP contribution in [0.1, 0.15) is 26.2 Å². The van der Waals surface area contributed by atoms with E-state index in [0.717, 1.165) is 25.9 Å². The number of hydrogen-bond acceptors (Lipinski definition) is 4. The smallest absolute Gasteiger partial charge is 0.317 e. The topological polar surface area (TPSA) is 64.1 Å². The predicted octanol–water partition coefficient (Wildman–Crippen LogP) is 1.80. The monoisotopic (exact) mass is 363 g/mol. The zero-order chi connectivity index (χ0) is 18.7. The van der Waals surface area contributed by atoms with Gasteiger partial charge in [-0.2, -0.15) is 0 Å². The molecule has 2 saturated heterocycles. The molecule has 142 valence electrons. The summed E-state index contributed by atoms with van der Waals surface area (Å²) in [5.74, 6) is -1.21. The molecule has 2 heterocycles. The van der Waals surface area contributed by atoms with E-state index in [4.69, 9.17) is 5.11 Å². The van der Waals surface area contributed by atoms with Crippen molar-refractivity contribution in [3.8, 4) is 0 Å². The fourth-order valence-corrected chi connectivity index (χ4v) is 4.15. The molecule has 0 spiro atoms. The van der Waals surface area contributed by atoms with Crippen LogP contribution in [-0.2, 0) is 9.59 Å². The van der Waals surface area contributed by atoms with E-state index in [1.54, 1.807) is 23.1 Å². The number of carboxylic acids is 1. The number of anilines is 1. The Morgan fingerprint density at radius 1 is 1.23 bits per heavy atom. The van der Waals surface area contributed by atoms with E-state index in [9.17, 15) is 14.0 Å². The molecule has 1 unspecified atom stereocenters.